The minimum Gasteiger partial charge on any atom is -0.497 e. The van der Waals surface area contributed by atoms with E-state index in [9.17, 15) is 14.7 Å². The lowest BCUT2D eigenvalue weighted by molar-refractivity contribution is 0.0938. The molecule has 1 atom stereocenters. The Morgan fingerprint density at radius 2 is 1.75 bits per heavy atom. The van der Waals surface area contributed by atoms with E-state index in [0.717, 1.165) is 11.0 Å². The summed E-state index contributed by atoms with van der Waals surface area (Å²) in [6, 6.07) is 7.04. The van der Waals surface area contributed by atoms with Crippen molar-refractivity contribution in [3.63, 3.8) is 0 Å². The van der Waals surface area contributed by atoms with Gasteiger partial charge in [0.1, 0.15) is 24.2 Å². The minimum absolute atomic E-state index is 0.0174. The van der Waals surface area contributed by atoms with E-state index in [1.54, 1.807) is 43.0 Å². The second kappa shape index (κ2) is 9.90. The van der Waals surface area contributed by atoms with Crippen molar-refractivity contribution in [1.29, 1.82) is 0 Å². The molecule has 0 aliphatic heterocycles. The average Bonchev–Trinajstić information content (AvgIpc) is 3.13. The standard InChI is InChI=1S/C22H31N5O5/c1-14(2)10-11-23-21-24-19-18(20(29)26(4)22(30)25(19)3)27(21)12-15(28)13-32-17-8-6-16(31-5)7-9-17/h6-9,14-15,28H,10-13H2,1-5H3,(H,23,24)/t15-/m0/s1. The third-order valence-corrected chi connectivity index (χ3v) is 5.25. The van der Waals surface area contributed by atoms with Crippen LogP contribution in [0.1, 0.15) is 20.3 Å². The van der Waals surface area contributed by atoms with Crippen molar-refractivity contribution in [2.24, 2.45) is 20.0 Å². The summed E-state index contributed by atoms with van der Waals surface area (Å²) in [6.45, 7) is 4.97. The number of rotatable bonds is 10. The summed E-state index contributed by atoms with van der Waals surface area (Å²) in [6.07, 6.45) is -0.00870. The summed E-state index contributed by atoms with van der Waals surface area (Å²) < 4.78 is 14.8. The van der Waals surface area contributed by atoms with E-state index >= 15 is 0 Å². The first kappa shape index (κ1) is 23.4. The van der Waals surface area contributed by atoms with Crippen LogP contribution in [0, 0.1) is 5.92 Å². The summed E-state index contributed by atoms with van der Waals surface area (Å²) >= 11 is 0. The Morgan fingerprint density at radius 1 is 1.09 bits per heavy atom. The van der Waals surface area contributed by atoms with E-state index in [2.05, 4.69) is 24.1 Å². The van der Waals surface area contributed by atoms with E-state index in [0.29, 0.717) is 29.9 Å². The quantitative estimate of drug-likeness (QED) is 0.484. The van der Waals surface area contributed by atoms with Crippen LogP contribution in [0.5, 0.6) is 11.5 Å². The number of aromatic nitrogens is 4. The van der Waals surface area contributed by atoms with E-state index < -0.39 is 17.4 Å². The van der Waals surface area contributed by atoms with Crippen LogP contribution in [0.15, 0.2) is 33.9 Å². The number of methoxy groups -OCH3 is 1. The maximum atomic E-state index is 12.9. The Labute approximate surface area is 186 Å². The normalized spacial score (nSPS) is 12.3. The number of fused-ring (bicyclic) bond motifs is 1. The van der Waals surface area contributed by atoms with Crippen LogP contribution < -0.4 is 26.0 Å². The molecule has 2 aromatic heterocycles. The molecule has 0 bridgehead atoms. The molecule has 2 N–H and O–H groups in total. The number of nitrogens with zero attached hydrogens (tertiary/aromatic N) is 4. The smallest absolute Gasteiger partial charge is 0.332 e. The molecule has 10 heteroatoms. The Morgan fingerprint density at radius 3 is 2.38 bits per heavy atom. The molecule has 0 spiro atoms. The van der Waals surface area contributed by atoms with Gasteiger partial charge >= 0.3 is 5.69 Å². The second-order valence-electron chi connectivity index (χ2n) is 8.17. The molecule has 3 aromatic rings. The highest BCUT2D eigenvalue weighted by molar-refractivity contribution is 5.74. The molecule has 0 saturated heterocycles. The van der Waals surface area contributed by atoms with Gasteiger partial charge in [0, 0.05) is 20.6 Å². The Kier molecular flexibility index (Phi) is 7.24. The average molecular weight is 446 g/mol. The third-order valence-electron chi connectivity index (χ3n) is 5.25. The van der Waals surface area contributed by atoms with Gasteiger partial charge in [-0.25, -0.2) is 4.79 Å². The van der Waals surface area contributed by atoms with Gasteiger partial charge in [-0.3, -0.25) is 13.9 Å². The SMILES string of the molecule is COc1ccc(OC[C@@H](O)Cn2c(NCCC(C)C)nc3c2c(=O)n(C)c(=O)n3C)cc1. The third kappa shape index (κ3) is 4.96. The summed E-state index contributed by atoms with van der Waals surface area (Å²) in [7, 11) is 4.58. The van der Waals surface area contributed by atoms with Crippen LogP contribution in [0.25, 0.3) is 11.2 Å². The number of hydrogen-bond acceptors (Lipinski definition) is 7. The number of aliphatic hydroxyl groups excluding tert-OH is 1. The molecule has 0 amide bonds. The zero-order chi connectivity index (χ0) is 23.4. The van der Waals surface area contributed by atoms with Gasteiger partial charge in [-0.05, 0) is 36.6 Å². The molecule has 0 fully saturated rings. The fraction of sp³-hybridized carbons (Fsp3) is 0.500. The molecule has 1 aromatic carbocycles. The lowest BCUT2D eigenvalue weighted by atomic mass is 10.1. The zero-order valence-electron chi connectivity index (χ0n) is 19.2. The molecule has 3 rings (SSSR count). The van der Waals surface area contributed by atoms with E-state index in [1.165, 1.54) is 11.6 Å². The molecular formula is C22H31N5O5. The summed E-state index contributed by atoms with van der Waals surface area (Å²) in [5, 5.41) is 13.9. The lowest BCUT2D eigenvalue weighted by Crippen LogP contribution is -2.38. The number of anilines is 1. The maximum Gasteiger partial charge on any atom is 0.332 e. The van der Waals surface area contributed by atoms with Crippen molar-refractivity contribution in [3.8, 4) is 11.5 Å². The van der Waals surface area contributed by atoms with Crippen molar-refractivity contribution < 1.29 is 14.6 Å². The van der Waals surface area contributed by atoms with Gasteiger partial charge in [0.2, 0.25) is 5.95 Å². The molecule has 0 unspecified atom stereocenters. The number of ether oxygens (including phenoxy) is 2. The minimum atomic E-state index is -0.915. The topological polar surface area (TPSA) is 113 Å². The first-order valence-electron chi connectivity index (χ1n) is 10.6. The largest absolute Gasteiger partial charge is 0.497 e. The van der Waals surface area contributed by atoms with Crippen LogP contribution in [0.2, 0.25) is 0 Å². The highest BCUT2D eigenvalue weighted by Gasteiger charge is 2.21. The molecular weight excluding hydrogens is 414 g/mol. The summed E-state index contributed by atoms with van der Waals surface area (Å²) in [5.74, 6) is 2.22. The molecule has 174 valence electrons. The Balaban J connectivity index is 1.88. The highest BCUT2D eigenvalue weighted by atomic mass is 16.5. The molecule has 0 aliphatic rings. The van der Waals surface area contributed by atoms with Crippen molar-refractivity contribution in [3.05, 3.63) is 45.1 Å². The Hall–Kier alpha value is -3.27. The van der Waals surface area contributed by atoms with Gasteiger partial charge in [0.15, 0.2) is 11.2 Å². The predicted octanol–water partition coefficient (Wildman–Crippen LogP) is 1.34. The molecule has 0 radical (unpaired) electrons. The number of aryl methyl sites for hydroxylation is 1. The summed E-state index contributed by atoms with van der Waals surface area (Å²) in [5.41, 5.74) is -0.390. The molecule has 32 heavy (non-hydrogen) atoms. The van der Waals surface area contributed by atoms with Crippen molar-refractivity contribution in [1.82, 2.24) is 18.7 Å². The fourth-order valence-electron chi connectivity index (χ4n) is 3.36. The van der Waals surface area contributed by atoms with E-state index in [-0.39, 0.29) is 24.3 Å². The highest BCUT2D eigenvalue weighted by Crippen LogP contribution is 2.19. The van der Waals surface area contributed by atoms with Crippen LogP contribution in [0.4, 0.5) is 5.95 Å². The van der Waals surface area contributed by atoms with Gasteiger partial charge in [-0.15, -0.1) is 0 Å². The van der Waals surface area contributed by atoms with Gasteiger partial charge < -0.3 is 24.5 Å². The lowest BCUT2D eigenvalue weighted by Gasteiger charge is -2.16. The van der Waals surface area contributed by atoms with Gasteiger partial charge in [0.25, 0.3) is 5.56 Å². The van der Waals surface area contributed by atoms with Gasteiger partial charge in [0.05, 0.1) is 13.7 Å². The van der Waals surface area contributed by atoms with E-state index in [4.69, 9.17) is 9.47 Å². The monoisotopic (exact) mass is 445 g/mol. The second-order valence-corrected chi connectivity index (χ2v) is 8.17. The molecule has 0 saturated carbocycles. The van der Waals surface area contributed by atoms with Gasteiger partial charge in [-0.1, -0.05) is 13.8 Å². The number of hydrogen-bond donors (Lipinski definition) is 2. The maximum absolute atomic E-state index is 12.9. The first-order chi connectivity index (χ1) is 15.2. The van der Waals surface area contributed by atoms with Crippen molar-refractivity contribution >= 4 is 17.1 Å². The molecule has 0 aliphatic carbocycles. The van der Waals surface area contributed by atoms with Gasteiger partial charge in [-0.2, -0.15) is 4.98 Å². The van der Waals surface area contributed by atoms with Crippen LogP contribution in [-0.2, 0) is 20.6 Å². The fourth-order valence-corrected chi connectivity index (χ4v) is 3.36. The number of aliphatic hydroxyl groups is 1. The first-order valence-corrected chi connectivity index (χ1v) is 10.6. The van der Waals surface area contributed by atoms with Crippen LogP contribution >= 0.6 is 0 Å². The Bertz CT molecular complexity index is 1180. The van der Waals surface area contributed by atoms with Crippen molar-refractivity contribution in [2.45, 2.75) is 32.9 Å². The number of nitrogens with one attached hydrogen (secondary N) is 1. The summed E-state index contributed by atoms with van der Waals surface area (Å²) in [4.78, 5) is 29.7. The number of benzene rings is 1. The van der Waals surface area contributed by atoms with Crippen LogP contribution in [0.3, 0.4) is 0 Å². The van der Waals surface area contributed by atoms with Crippen molar-refractivity contribution in [2.75, 3.05) is 25.6 Å². The zero-order valence-corrected chi connectivity index (χ0v) is 19.2. The molecule has 2 heterocycles. The van der Waals surface area contributed by atoms with E-state index in [1.807, 2.05) is 0 Å². The molecule has 10 nitrogen and oxygen atoms in total. The van der Waals surface area contributed by atoms with Crippen LogP contribution in [-0.4, -0.2) is 50.2 Å². The number of imidazole rings is 1. The predicted molar refractivity (Wildman–Crippen MR) is 123 cm³/mol.